The molecule has 3 aliphatic heterocycles. The summed E-state index contributed by atoms with van der Waals surface area (Å²) in [7, 11) is 1.84. The van der Waals surface area contributed by atoms with Crippen molar-refractivity contribution in [3.63, 3.8) is 0 Å². The summed E-state index contributed by atoms with van der Waals surface area (Å²) in [5.74, 6) is -0.331. The van der Waals surface area contributed by atoms with E-state index < -0.39 is 23.1 Å². The van der Waals surface area contributed by atoms with Crippen LogP contribution in [0.4, 0.5) is 19.4 Å². The van der Waals surface area contributed by atoms with E-state index in [-0.39, 0.29) is 35.4 Å². The molecule has 3 saturated heterocycles. The fourth-order valence-corrected chi connectivity index (χ4v) is 5.84. The Morgan fingerprint density at radius 1 is 1.30 bits per heavy atom. The minimum atomic E-state index is -0.888. The second-order valence-corrected chi connectivity index (χ2v) is 11.7. The highest BCUT2D eigenvalue weighted by molar-refractivity contribution is 6.30. The standard InChI is InChI=1S/C25H33ClF2N6O3/c1-24(2,3)37-23(35)33-9-6-16(13-33)32(4)21-17-11-29-20(26)18(28)19(17)30-22(31-21)36-14-25-7-5-8-34(25)12-15(27)10-25/h11,15-16H,5-10,12-14H2,1-4H3/t15-,16-,25-/m1/s1. The minimum absolute atomic E-state index is 0.000968. The lowest BCUT2D eigenvalue weighted by atomic mass is 9.95. The van der Waals surface area contributed by atoms with Crippen molar-refractivity contribution < 1.29 is 23.0 Å². The van der Waals surface area contributed by atoms with Crippen molar-refractivity contribution >= 4 is 34.4 Å². The normalized spacial score (nSPS) is 26.1. The lowest BCUT2D eigenvalue weighted by Gasteiger charge is -2.31. The van der Waals surface area contributed by atoms with Gasteiger partial charge in [-0.15, -0.1) is 0 Å². The van der Waals surface area contributed by atoms with Gasteiger partial charge in [-0.05, 0) is 46.6 Å². The van der Waals surface area contributed by atoms with Gasteiger partial charge in [-0.25, -0.2) is 18.6 Å². The summed E-state index contributed by atoms with van der Waals surface area (Å²) in [6, 6.07) is -0.0932. The average Bonchev–Trinajstić information content (AvgIpc) is 3.53. The molecule has 0 N–H and O–H groups in total. The van der Waals surface area contributed by atoms with Crippen molar-refractivity contribution in [2.24, 2.45) is 0 Å². The third-order valence-corrected chi connectivity index (χ3v) is 7.79. The van der Waals surface area contributed by atoms with Gasteiger partial charge in [0.05, 0.1) is 10.9 Å². The molecule has 12 heteroatoms. The predicted octanol–water partition coefficient (Wildman–Crippen LogP) is 4.22. The molecular weight excluding hydrogens is 506 g/mol. The second-order valence-electron chi connectivity index (χ2n) is 11.3. The van der Waals surface area contributed by atoms with Crippen LogP contribution in [-0.2, 0) is 4.74 Å². The van der Waals surface area contributed by atoms with Crippen LogP contribution in [0.3, 0.4) is 0 Å². The highest BCUT2D eigenvalue weighted by Crippen LogP contribution is 2.40. The molecule has 2 aromatic heterocycles. The van der Waals surface area contributed by atoms with Crippen molar-refractivity contribution in [1.82, 2.24) is 24.8 Å². The minimum Gasteiger partial charge on any atom is -0.461 e. The number of pyridine rings is 1. The molecule has 5 rings (SSSR count). The lowest BCUT2D eigenvalue weighted by Crippen LogP contribution is -2.43. The molecule has 5 heterocycles. The maximum absolute atomic E-state index is 15.0. The van der Waals surface area contributed by atoms with E-state index in [2.05, 4.69) is 19.9 Å². The van der Waals surface area contributed by atoms with Gasteiger partial charge < -0.3 is 19.3 Å². The van der Waals surface area contributed by atoms with Crippen LogP contribution in [0.5, 0.6) is 6.01 Å². The first-order chi connectivity index (χ1) is 17.5. The second kappa shape index (κ2) is 9.65. The molecule has 1 amide bonds. The number of nitrogens with zero attached hydrogens (tertiary/aromatic N) is 6. The van der Waals surface area contributed by atoms with E-state index in [0.29, 0.717) is 43.7 Å². The van der Waals surface area contributed by atoms with Crippen LogP contribution in [0.25, 0.3) is 10.9 Å². The maximum Gasteiger partial charge on any atom is 0.410 e. The van der Waals surface area contributed by atoms with E-state index in [4.69, 9.17) is 21.1 Å². The fraction of sp³-hybridized carbons (Fsp3) is 0.680. The molecule has 3 fully saturated rings. The van der Waals surface area contributed by atoms with Gasteiger partial charge in [0.15, 0.2) is 11.0 Å². The molecule has 3 atom stereocenters. The molecule has 0 aliphatic carbocycles. The van der Waals surface area contributed by atoms with E-state index in [1.165, 1.54) is 6.20 Å². The van der Waals surface area contributed by atoms with Crippen LogP contribution < -0.4 is 9.64 Å². The Hall–Kier alpha value is -2.53. The number of carbonyl (C=O) groups excluding carboxylic acids is 1. The fourth-order valence-electron chi connectivity index (χ4n) is 5.70. The molecule has 37 heavy (non-hydrogen) atoms. The predicted molar refractivity (Wildman–Crippen MR) is 135 cm³/mol. The number of ether oxygens (including phenoxy) is 2. The third-order valence-electron chi connectivity index (χ3n) is 7.53. The van der Waals surface area contributed by atoms with Gasteiger partial charge >= 0.3 is 12.1 Å². The first-order valence-corrected chi connectivity index (χ1v) is 13.1. The number of likely N-dealkylation sites (N-methyl/N-ethyl adjacent to an activating group) is 1. The number of anilines is 1. The Labute approximate surface area is 220 Å². The third kappa shape index (κ3) is 5.12. The highest BCUT2D eigenvalue weighted by Gasteiger charge is 2.49. The highest BCUT2D eigenvalue weighted by atomic mass is 35.5. The molecule has 9 nitrogen and oxygen atoms in total. The first-order valence-electron chi connectivity index (χ1n) is 12.7. The Morgan fingerprint density at radius 3 is 2.84 bits per heavy atom. The number of aromatic nitrogens is 3. The van der Waals surface area contributed by atoms with E-state index >= 15 is 4.39 Å². The van der Waals surface area contributed by atoms with Crippen molar-refractivity contribution in [2.75, 3.05) is 44.7 Å². The van der Waals surface area contributed by atoms with Gasteiger partial charge in [0.1, 0.15) is 29.7 Å². The van der Waals surface area contributed by atoms with Crippen molar-refractivity contribution in [3.05, 3.63) is 17.2 Å². The number of rotatable bonds is 5. The summed E-state index contributed by atoms with van der Waals surface area (Å²) in [6.07, 6.45) is 3.08. The summed E-state index contributed by atoms with van der Waals surface area (Å²) in [5.41, 5.74) is -0.976. The van der Waals surface area contributed by atoms with Gasteiger partial charge in [-0.1, -0.05) is 11.6 Å². The summed E-state index contributed by atoms with van der Waals surface area (Å²) >= 11 is 5.97. The number of hydrogen-bond donors (Lipinski definition) is 0. The SMILES string of the molecule is CN(c1nc(OC[C@]23CCCN2C[C@H](F)C3)nc2c(F)c(Cl)ncc12)[C@@H]1CCN(C(=O)OC(C)(C)C)C1. The Morgan fingerprint density at radius 2 is 2.08 bits per heavy atom. The zero-order valence-electron chi connectivity index (χ0n) is 21.6. The molecule has 2 aromatic rings. The van der Waals surface area contributed by atoms with Crippen LogP contribution in [-0.4, -0.2) is 94.0 Å². The number of hydrogen-bond acceptors (Lipinski definition) is 8. The van der Waals surface area contributed by atoms with Crippen molar-refractivity contribution in [3.8, 4) is 6.01 Å². The van der Waals surface area contributed by atoms with Crippen LogP contribution in [0.2, 0.25) is 5.15 Å². The summed E-state index contributed by atoms with van der Waals surface area (Å²) in [4.78, 5) is 31.2. The van der Waals surface area contributed by atoms with Gasteiger partial charge in [0.2, 0.25) is 0 Å². The van der Waals surface area contributed by atoms with Crippen molar-refractivity contribution in [2.45, 2.75) is 69.8 Å². The van der Waals surface area contributed by atoms with Gasteiger partial charge in [-0.3, -0.25) is 4.90 Å². The zero-order valence-corrected chi connectivity index (χ0v) is 22.4. The van der Waals surface area contributed by atoms with Gasteiger partial charge in [0, 0.05) is 45.3 Å². The Bertz CT molecular complexity index is 1200. The van der Waals surface area contributed by atoms with E-state index in [9.17, 15) is 9.18 Å². The van der Waals surface area contributed by atoms with Crippen LogP contribution in [0.15, 0.2) is 6.20 Å². The maximum atomic E-state index is 15.0. The summed E-state index contributed by atoms with van der Waals surface area (Å²) in [6.45, 7) is 7.90. The van der Waals surface area contributed by atoms with Crippen LogP contribution in [0, 0.1) is 5.82 Å². The number of halogens is 3. The molecule has 0 radical (unpaired) electrons. The molecule has 0 saturated carbocycles. The lowest BCUT2D eigenvalue weighted by molar-refractivity contribution is 0.0292. The van der Waals surface area contributed by atoms with Crippen LogP contribution in [0.1, 0.15) is 46.5 Å². The number of fused-ring (bicyclic) bond motifs is 2. The molecule has 0 spiro atoms. The van der Waals surface area contributed by atoms with Gasteiger partial charge in [0.25, 0.3) is 0 Å². The topological polar surface area (TPSA) is 83.9 Å². The van der Waals surface area contributed by atoms with E-state index in [1.807, 2.05) is 32.7 Å². The number of carbonyl (C=O) groups is 1. The number of likely N-dealkylation sites (tertiary alicyclic amines) is 1. The van der Waals surface area contributed by atoms with Crippen molar-refractivity contribution in [1.29, 1.82) is 0 Å². The largest absolute Gasteiger partial charge is 0.461 e. The molecule has 202 valence electrons. The Balaban J connectivity index is 1.41. The molecule has 3 aliphatic rings. The van der Waals surface area contributed by atoms with Gasteiger partial charge in [-0.2, -0.15) is 9.97 Å². The zero-order chi connectivity index (χ0) is 26.5. The van der Waals surface area contributed by atoms with E-state index in [0.717, 1.165) is 19.4 Å². The Kier molecular flexibility index (Phi) is 6.81. The average molecular weight is 539 g/mol. The molecule has 0 unspecified atom stereocenters. The first kappa shape index (κ1) is 26.1. The number of amides is 1. The summed E-state index contributed by atoms with van der Waals surface area (Å²) in [5, 5.41) is 0.0946. The van der Waals surface area contributed by atoms with Crippen LogP contribution >= 0.6 is 11.6 Å². The quantitative estimate of drug-likeness (QED) is 0.523. The number of alkyl halides is 1. The van der Waals surface area contributed by atoms with E-state index in [1.54, 1.807) is 4.90 Å². The molecular formula is C25H33ClF2N6O3. The molecule has 0 aromatic carbocycles. The smallest absolute Gasteiger partial charge is 0.410 e. The molecule has 0 bridgehead atoms. The monoisotopic (exact) mass is 538 g/mol. The summed E-state index contributed by atoms with van der Waals surface area (Å²) < 4.78 is 40.8.